The summed E-state index contributed by atoms with van der Waals surface area (Å²) >= 11 is 0. The Hall–Kier alpha value is -0.930. The molecule has 0 fully saturated rings. The summed E-state index contributed by atoms with van der Waals surface area (Å²) in [5.74, 6) is 0. The lowest BCUT2D eigenvalue weighted by atomic mass is 9.92. The van der Waals surface area contributed by atoms with Gasteiger partial charge in [0.2, 0.25) is 6.41 Å². The van der Waals surface area contributed by atoms with Crippen LogP contribution in [0.2, 0.25) is 0 Å². The minimum Gasteiger partial charge on any atom is -0.347 e. The van der Waals surface area contributed by atoms with Crippen molar-refractivity contribution in [3.05, 3.63) is 12.2 Å². The van der Waals surface area contributed by atoms with Crippen LogP contribution in [0.4, 0.5) is 8.78 Å². The smallest absolute Gasteiger partial charge is 0.261 e. The summed E-state index contributed by atoms with van der Waals surface area (Å²) in [6.07, 6.45) is -0.564. The van der Waals surface area contributed by atoms with Gasteiger partial charge in [0.25, 0.3) is 6.43 Å². The summed E-state index contributed by atoms with van der Waals surface area (Å²) in [5.41, 5.74) is -0.738. The molecule has 0 rings (SSSR count). The van der Waals surface area contributed by atoms with E-state index in [0.29, 0.717) is 12.8 Å². The summed E-state index contributed by atoms with van der Waals surface area (Å²) < 4.78 is 25.2. The molecule has 0 radical (unpaired) electrons. The van der Waals surface area contributed by atoms with Crippen molar-refractivity contribution in [2.75, 3.05) is 0 Å². The molecule has 0 aliphatic rings. The van der Waals surface area contributed by atoms with E-state index in [1.807, 2.05) is 6.92 Å². The first-order chi connectivity index (χ1) is 6.46. The first kappa shape index (κ1) is 13.1. The highest BCUT2D eigenvalue weighted by molar-refractivity contribution is 5.48. The van der Waals surface area contributed by atoms with Crippen LogP contribution in [0.25, 0.3) is 0 Å². The highest BCUT2D eigenvalue weighted by atomic mass is 19.3. The minimum atomic E-state index is -2.58. The van der Waals surface area contributed by atoms with E-state index in [4.69, 9.17) is 0 Å². The number of hydrogen-bond acceptors (Lipinski definition) is 1. The van der Waals surface area contributed by atoms with Crippen LogP contribution in [0, 0.1) is 0 Å². The molecule has 0 aliphatic carbocycles. The molecule has 1 atom stereocenters. The van der Waals surface area contributed by atoms with Gasteiger partial charge in [0.15, 0.2) is 0 Å². The van der Waals surface area contributed by atoms with Gasteiger partial charge in [-0.05, 0) is 19.8 Å². The predicted octanol–water partition coefficient (Wildman–Crippen LogP) is 2.50. The Kier molecular flexibility index (Phi) is 5.35. The topological polar surface area (TPSA) is 29.1 Å². The van der Waals surface area contributed by atoms with Gasteiger partial charge in [-0.15, -0.1) is 0 Å². The highest BCUT2D eigenvalue weighted by Crippen LogP contribution is 2.24. The zero-order valence-corrected chi connectivity index (χ0v) is 8.65. The molecule has 4 heteroatoms. The average molecular weight is 205 g/mol. The molecule has 1 unspecified atom stereocenters. The van der Waals surface area contributed by atoms with Crippen LogP contribution in [0.1, 0.15) is 33.1 Å². The molecule has 0 heterocycles. The van der Waals surface area contributed by atoms with Gasteiger partial charge in [0.1, 0.15) is 5.54 Å². The highest BCUT2D eigenvalue weighted by Gasteiger charge is 2.34. The van der Waals surface area contributed by atoms with Gasteiger partial charge in [0, 0.05) is 0 Å². The largest absolute Gasteiger partial charge is 0.347 e. The van der Waals surface area contributed by atoms with Crippen molar-refractivity contribution in [2.45, 2.75) is 45.1 Å². The van der Waals surface area contributed by atoms with Crippen LogP contribution < -0.4 is 5.32 Å². The van der Waals surface area contributed by atoms with Crippen molar-refractivity contribution < 1.29 is 13.6 Å². The Morgan fingerprint density at radius 1 is 1.64 bits per heavy atom. The number of hydrogen-bond donors (Lipinski definition) is 1. The lowest BCUT2D eigenvalue weighted by Gasteiger charge is -2.28. The molecule has 0 aromatic carbocycles. The van der Waals surface area contributed by atoms with E-state index in [-0.39, 0.29) is 6.42 Å². The van der Waals surface area contributed by atoms with Gasteiger partial charge in [-0.2, -0.15) is 0 Å². The van der Waals surface area contributed by atoms with Crippen LogP contribution in [0.5, 0.6) is 0 Å². The number of halogens is 2. The van der Waals surface area contributed by atoms with Crippen molar-refractivity contribution in [3.8, 4) is 0 Å². The molecule has 2 nitrogen and oxygen atoms in total. The first-order valence-corrected chi connectivity index (χ1v) is 4.62. The quantitative estimate of drug-likeness (QED) is 0.502. The van der Waals surface area contributed by atoms with E-state index >= 15 is 0 Å². The van der Waals surface area contributed by atoms with Crippen molar-refractivity contribution >= 4 is 6.41 Å². The van der Waals surface area contributed by atoms with Crippen LogP contribution in [-0.2, 0) is 4.79 Å². The molecular weight excluding hydrogens is 188 g/mol. The van der Waals surface area contributed by atoms with E-state index in [2.05, 4.69) is 11.9 Å². The van der Waals surface area contributed by atoms with Crippen molar-refractivity contribution in [3.63, 3.8) is 0 Å². The fraction of sp³-hybridized carbons (Fsp3) is 0.700. The second kappa shape index (κ2) is 5.73. The Labute approximate surface area is 83.4 Å². The lowest BCUT2D eigenvalue weighted by molar-refractivity contribution is -0.113. The van der Waals surface area contributed by atoms with Crippen molar-refractivity contribution in [1.82, 2.24) is 5.32 Å². The van der Waals surface area contributed by atoms with E-state index in [1.165, 1.54) is 6.92 Å². The van der Waals surface area contributed by atoms with Gasteiger partial charge in [-0.25, -0.2) is 8.78 Å². The molecule has 0 spiro atoms. The number of nitrogens with one attached hydrogen (secondary N) is 1. The monoisotopic (exact) mass is 205 g/mol. The number of amides is 1. The third-order valence-electron chi connectivity index (χ3n) is 2.09. The molecule has 1 amide bonds. The zero-order chi connectivity index (χ0) is 11.2. The first-order valence-electron chi connectivity index (χ1n) is 4.62. The Balaban J connectivity index is 4.35. The fourth-order valence-corrected chi connectivity index (χ4v) is 1.29. The maximum absolute atomic E-state index is 12.6. The molecule has 0 aromatic heterocycles. The predicted molar refractivity (Wildman–Crippen MR) is 52.3 cm³/mol. The third-order valence-corrected chi connectivity index (χ3v) is 2.09. The second-order valence-corrected chi connectivity index (χ2v) is 3.66. The Morgan fingerprint density at radius 2 is 2.21 bits per heavy atom. The lowest BCUT2D eigenvalue weighted by Crippen LogP contribution is -2.48. The summed E-state index contributed by atoms with van der Waals surface area (Å²) in [4.78, 5) is 10.2. The molecular formula is C10H17F2NO. The number of carbonyl (C=O) groups excluding carboxylic acids is 1. The standard InChI is InChI=1S/C10H17F2NO/c1-4-5-8(2)6-10(3,9(11)12)13-7-14/h7,9H,2,4-6H2,1,3H3,(H,13,14). The molecule has 0 aromatic rings. The van der Waals surface area contributed by atoms with E-state index in [1.54, 1.807) is 0 Å². The van der Waals surface area contributed by atoms with E-state index in [9.17, 15) is 13.6 Å². The second-order valence-electron chi connectivity index (χ2n) is 3.66. The van der Waals surface area contributed by atoms with Crippen LogP contribution in [0.15, 0.2) is 12.2 Å². The molecule has 0 saturated carbocycles. The van der Waals surface area contributed by atoms with E-state index in [0.717, 1.165) is 12.0 Å². The van der Waals surface area contributed by atoms with Gasteiger partial charge < -0.3 is 5.32 Å². The average Bonchev–Trinajstić information content (AvgIpc) is 2.04. The van der Waals surface area contributed by atoms with Crippen LogP contribution in [0.3, 0.4) is 0 Å². The third kappa shape index (κ3) is 3.85. The molecule has 1 N–H and O–H groups in total. The maximum atomic E-state index is 12.6. The van der Waals surface area contributed by atoms with Gasteiger partial charge in [-0.3, -0.25) is 4.79 Å². The molecule has 14 heavy (non-hydrogen) atoms. The molecule has 0 bridgehead atoms. The Bertz CT molecular complexity index is 206. The Morgan fingerprint density at radius 3 is 2.57 bits per heavy atom. The van der Waals surface area contributed by atoms with Gasteiger partial charge >= 0.3 is 0 Å². The van der Waals surface area contributed by atoms with E-state index < -0.39 is 12.0 Å². The summed E-state index contributed by atoms with van der Waals surface area (Å²) in [6, 6.07) is 0. The normalized spacial score (nSPS) is 14.9. The van der Waals surface area contributed by atoms with Crippen LogP contribution in [-0.4, -0.2) is 18.4 Å². The molecule has 82 valence electrons. The molecule has 0 aliphatic heterocycles. The van der Waals surface area contributed by atoms with Crippen molar-refractivity contribution in [1.29, 1.82) is 0 Å². The SMILES string of the molecule is C=C(CCC)CC(C)(NC=O)C(F)F. The number of carbonyl (C=O) groups is 1. The molecule has 0 saturated heterocycles. The maximum Gasteiger partial charge on any atom is 0.261 e. The minimum absolute atomic E-state index is 0.122. The van der Waals surface area contributed by atoms with Crippen LogP contribution >= 0.6 is 0 Å². The summed E-state index contributed by atoms with van der Waals surface area (Å²) in [6.45, 7) is 6.99. The summed E-state index contributed by atoms with van der Waals surface area (Å²) in [5, 5.41) is 2.16. The zero-order valence-electron chi connectivity index (χ0n) is 8.65. The van der Waals surface area contributed by atoms with Gasteiger partial charge in [0.05, 0.1) is 0 Å². The van der Waals surface area contributed by atoms with Gasteiger partial charge in [-0.1, -0.05) is 25.5 Å². The summed E-state index contributed by atoms with van der Waals surface area (Å²) in [7, 11) is 0. The number of alkyl halides is 2. The number of rotatable bonds is 7. The fourth-order valence-electron chi connectivity index (χ4n) is 1.29. The van der Waals surface area contributed by atoms with Crippen molar-refractivity contribution in [2.24, 2.45) is 0 Å².